The third-order valence-electron chi connectivity index (χ3n) is 2.55. The number of aromatic nitrogens is 2. The van der Waals surface area contributed by atoms with Crippen molar-refractivity contribution in [2.24, 2.45) is 0 Å². The van der Waals surface area contributed by atoms with Crippen LogP contribution in [0.5, 0.6) is 5.88 Å². The van der Waals surface area contributed by atoms with E-state index in [2.05, 4.69) is 20.0 Å². The van der Waals surface area contributed by atoms with Gasteiger partial charge in [0.2, 0.25) is 11.8 Å². The summed E-state index contributed by atoms with van der Waals surface area (Å²) in [5, 5.41) is 5.54. The zero-order valence-electron chi connectivity index (χ0n) is 12.6. The summed E-state index contributed by atoms with van der Waals surface area (Å²) < 4.78 is 40.5. The lowest BCUT2D eigenvalue weighted by Gasteiger charge is -2.09. The number of alkyl halides is 3. The summed E-state index contributed by atoms with van der Waals surface area (Å²) in [6.45, 7) is 0.513. The molecule has 2 aromatic rings. The number of hydrogen-bond donors (Lipinski definition) is 1. The molecule has 0 fully saturated rings. The molecule has 0 aliphatic carbocycles. The summed E-state index contributed by atoms with van der Waals surface area (Å²) in [6, 6.07) is 2.71. The summed E-state index contributed by atoms with van der Waals surface area (Å²) in [7, 11) is 0. The minimum absolute atomic E-state index is 0.154. The van der Waals surface area contributed by atoms with E-state index in [-0.39, 0.29) is 17.5 Å². The summed E-state index contributed by atoms with van der Waals surface area (Å²) >= 11 is 2.98. The number of pyridine rings is 1. The standard InChI is InChI=1S/C14H14F3N3O2S2/c1-9-19-11(6-24-9)5-23-7-12(21)20-10-2-3-13(18-4-10)22-8-14(15,16)17/h2-4,6H,5,7-8H2,1H3,(H,20,21). The highest BCUT2D eigenvalue weighted by molar-refractivity contribution is 7.99. The van der Waals surface area contributed by atoms with E-state index in [1.807, 2.05) is 12.3 Å². The van der Waals surface area contributed by atoms with Crippen LogP contribution in [0.4, 0.5) is 18.9 Å². The van der Waals surface area contributed by atoms with Crippen LogP contribution >= 0.6 is 23.1 Å². The van der Waals surface area contributed by atoms with Gasteiger partial charge in [0, 0.05) is 17.2 Å². The maximum atomic E-state index is 12.0. The molecule has 0 bridgehead atoms. The fraction of sp³-hybridized carbons (Fsp3) is 0.357. The number of thiazole rings is 1. The summed E-state index contributed by atoms with van der Waals surface area (Å²) in [4.78, 5) is 19.8. The first kappa shape index (κ1) is 18.5. The molecule has 0 aromatic carbocycles. The average molecular weight is 377 g/mol. The van der Waals surface area contributed by atoms with E-state index in [9.17, 15) is 18.0 Å². The molecule has 24 heavy (non-hydrogen) atoms. The Morgan fingerprint density at radius 2 is 2.21 bits per heavy atom. The molecule has 0 unspecified atom stereocenters. The minimum Gasteiger partial charge on any atom is -0.468 e. The van der Waals surface area contributed by atoms with Crippen LogP contribution in [-0.2, 0) is 10.5 Å². The highest BCUT2D eigenvalue weighted by Gasteiger charge is 2.28. The van der Waals surface area contributed by atoms with E-state index in [0.29, 0.717) is 11.4 Å². The number of ether oxygens (including phenoxy) is 1. The molecule has 2 aromatic heterocycles. The number of nitrogens with one attached hydrogen (secondary N) is 1. The lowest BCUT2D eigenvalue weighted by Crippen LogP contribution is -2.19. The maximum Gasteiger partial charge on any atom is 0.422 e. The quantitative estimate of drug-likeness (QED) is 0.798. The zero-order valence-corrected chi connectivity index (χ0v) is 14.2. The highest BCUT2D eigenvalue weighted by Crippen LogP contribution is 2.19. The van der Waals surface area contributed by atoms with Crippen molar-refractivity contribution in [2.75, 3.05) is 17.7 Å². The van der Waals surface area contributed by atoms with Crippen LogP contribution in [0.1, 0.15) is 10.7 Å². The van der Waals surface area contributed by atoms with Crippen molar-refractivity contribution < 1.29 is 22.7 Å². The Morgan fingerprint density at radius 3 is 2.79 bits per heavy atom. The van der Waals surface area contributed by atoms with Gasteiger partial charge in [-0.1, -0.05) is 0 Å². The van der Waals surface area contributed by atoms with Gasteiger partial charge in [0.15, 0.2) is 6.61 Å². The second-order valence-corrected chi connectivity index (χ2v) is 6.74. The number of amides is 1. The molecular weight excluding hydrogens is 363 g/mol. The first-order valence-corrected chi connectivity index (χ1v) is 8.79. The number of thioether (sulfide) groups is 1. The maximum absolute atomic E-state index is 12.0. The number of halogens is 3. The normalized spacial score (nSPS) is 11.3. The molecule has 130 valence electrons. The number of nitrogens with zero attached hydrogens (tertiary/aromatic N) is 2. The van der Waals surface area contributed by atoms with Gasteiger partial charge < -0.3 is 10.1 Å². The van der Waals surface area contributed by atoms with Crippen LogP contribution in [0.2, 0.25) is 0 Å². The van der Waals surface area contributed by atoms with Gasteiger partial charge in [-0.3, -0.25) is 4.79 Å². The molecule has 0 spiro atoms. The van der Waals surface area contributed by atoms with Gasteiger partial charge in [-0.25, -0.2) is 9.97 Å². The molecule has 0 aliphatic rings. The SMILES string of the molecule is Cc1nc(CSCC(=O)Nc2ccc(OCC(F)(F)F)nc2)cs1. The van der Waals surface area contributed by atoms with Crippen LogP contribution in [0, 0.1) is 6.92 Å². The second-order valence-electron chi connectivity index (χ2n) is 4.69. The van der Waals surface area contributed by atoms with Crippen molar-refractivity contribution in [3.05, 3.63) is 34.4 Å². The molecule has 0 saturated carbocycles. The Kier molecular flexibility index (Phi) is 6.44. The van der Waals surface area contributed by atoms with Gasteiger partial charge in [-0.2, -0.15) is 13.2 Å². The van der Waals surface area contributed by atoms with Crippen LogP contribution in [0.15, 0.2) is 23.7 Å². The molecule has 1 amide bonds. The molecule has 5 nitrogen and oxygen atoms in total. The number of rotatable bonds is 7. The largest absolute Gasteiger partial charge is 0.468 e. The number of carbonyl (C=O) groups excluding carboxylic acids is 1. The first-order chi connectivity index (χ1) is 11.3. The Hall–Kier alpha value is -1.81. The third-order valence-corrected chi connectivity index (χ3v) is 4.34. The van der Waals surface area contributed by atoms with Gasteiger partial charge in [-0.05, 0) is 13.0 Å². The molecule has 2 heterocycles. The Balaban J connectivity index is 1.73. The monoisotopic (exact) mass is 377 g/mol. The number of anilines is 1. The highest BCUT2D eigenvalue weighted by atomic mass is 32.2. The van der Waals surface area contributed by atoms with Crippen molar-refractivity contribution in [1.29, 1.82) is 0 Å². The predicted octanol–water partition coefficient (Wildman–Crippen LogP) is 3.66. The van der Waals surface area contributed by atoms with Crippen LogP contribution in [-0.4, -0.2) is 34.4 Å². The van der Waals surface area contributed by atoms with E-state index in [4.69, 9.17) is 0 Å². The fourth-order valence-corrected chi connectivity index (χ4v) is 3.05. The molecule has 2 rings (SSSR count). The summed E-state index contributed by atoms with van der Waals surface area (Å²) in [5.74, 6) is 0.500. The Labute approximate surface area is 144 Å². The van der Waals surface area contributed by atoms with E-state index < -0.39 is 12.8 Å². The van der Waals surface area contributed by atoms with Crippen molar-refractivity contribution >= 4 is 34.7 Å². The van der Waals surface area contributed by atoms with Gasteiger partial charge >= 0.3 is 6.18 Å². The topological polar surface area (TPSA) is 64.1 Å². The second kappa shape index (κ2) is 8.34. The molecule has 0 radical (unpaired) electrons. The smallest absolute Gasteiger partial charge is 0.422 e. The molecule has 0 atom stereocenters. The molecule has 10 heteroatoms. The summed E-state index contributed by atoms with van der Waals surface area (Å²) in [5.41, 5.74) is 1.33. The zero-order chi connectivity index (χ0) is 17.6. The van der Waals surface area contributed by atoms with Crippen LogP contribution in [0.25, 0.3) is 0 Å². The van der Waals surface area contributed by atoms with Crippen molar-refractivity contribution in [2.45, 2.75) is 18.9 Å². The molecule has 0 saturated heterocycles. The van der Waals surface area contributed by atoms with Gasteiger partial charge in [0.1, 0.15) is 0 Å². The van der Waals surface area contributed by atoms with Gasteiger partial charge in [-0.15, -0.1) is 23.1 Å². The van der Waals surface area contributed by atoms with E-state index >= 15 is 0 Å². The Morgan fingerprint density at radius 1 is 1.42 bits per heavy atom. The molecule has 1 N–H and O–H groups in total. The van der Waals surface area contributed by atoms with Gasteiger partial charge in [0.05, 0.1) is 28.3 Å². The Bertz CT molecular complexity index is 675. The van der Waals surface area contributed by atoms with Crippen molar-refractivity contribution in [3.8, 4) is 5.88 Å². The predicted molar refractivity (Wildman–Crippen MR) is 87.4 cm³/mol. The fourth-order valence-electron chi connectivity index (χ4n) is 1.62. The van der Waals surface area contributed by atoms with E-state index in [0.717, 1.165) is 10.7 Å². The van der Waals surface area contributed by atoms with Crippen molar-refractivity contribution in [3.63, 3.8) is 0 Å². The number of hydrogen-bond acceptors (Lipinski definition) is 6. The summed E-state index contributed by atoms with van der Waals surface area (Å²) in [6.07, 6.45) is -3.17. The van der Waals surface area contributed by atoms with E-state index in [1.54, 1.807) is 11.3 Å². The van der Waals surface area contributed by atoms with E-state index in [1.165, 1.54) is 30.1 Å². The first-order valence-electron chi connectivity index (χ1n) is 6.76. The number of carbonyl (C=O) groups is 1. The molecular formula is C14H14F3N3O2S2. The average Bonchev–Trinajstić information content (AvgIpc) is 2.91. The number of aryl methyl sites for hydroxylation is 1. The lowest BCUT2D eigenvalue weighted by molar-refractivity contribution is -0.154. The lowest BCUT2D eigenvalue weighted by atomic mass is 10.4. The molecule has 0 aliphatic heterocycles. The van der Waals surface area contributed by atoms with Crippen LogP contribution in [0.3, 0.4) is 0 Å². The third kappa shape index (κ3) is 6.75. The van der Waals surface area contributed by atoms with Crippen molar-refractivity contribution in [1.82, 2.24) is 9.97 Å². The minimum atomic E-state index is -4.42. The van der Waals surface area contributed by atoms with Gasteiger partial charge in [0.25, 0.3) is 0 Å². The van der Waals surface area contributed by atoms with Crippen LogP contribution < -0.4 is 10.1 Å².